The van der Waals surface area contributed by atoms with Crippen molar-refractivity contribution in [3.8, 4) is 0 Å². The molecule has 0 saturated carbocycles. The summed E-state index contributed by atoms with van der Waals surface area (Å²) in [5.41, 5.74) is 0.604. The summed E-state index contributed by atoms with van der Waals surface area (Å²) < 4.78 is 27.9. The number of carbonyl (C=O) groups excluding carboxylic acids is 3. The third-order valence-electron chi connectivity index (χ3n) is 3.91. The van der Waals surface area contributed by atoms with Gasteiger partial charge in [0.05, 0.1) is 6.54 Å². The number of carbonyl (C=O) groups is 4. The molecule has 1 fully saturated rings. The molecule has 2 amide bonds. The Morgan fingerprint density at radius 3 is 2.47 bits per heavy atom. The van der Waals surface area contributed by atoms with Crippen LogP contribution in [0.1, 0.15) is 27.2 Å². The van der Waals surface area contributed by atoms with Crippen LogP contribution in [-0.4, -0.2) is 79.0 Å². The number of carboxylic acid groups (broad SMARTS) is 1. The number of nitrogens with zero attached hydrogens (tertiary/aromatic N) is 1. The Hall–Kier alpha value is -2.82. The van der Waals surface area contributed by atoms with Crippen LogP contribution >= 0.6 is 0 Å². The standard InChI is InChI=1S/C12H19N3O6.C7H10F2/c1-7-3-8(12(20)21-7)14-9(11(18)19)5-15(2)10(17)4-13-6-16;1-3-4-6(2)5-7(8)9/h6-9,14H,3-5H2,1-2H3,(H,13,16)(H,18,19);3-5,7H,1-2H3/b;4-3-,6-5-/t7?,8-,9-;/m0./s1. The number of amides is 2. The molecule has 0 aromatic carbocycles. The number of esters is 1. The number of likely N-dealkylation sites (N-methyl/N-ethyl adjacent to an activating group) is 1. The largest absolute Gasteiger partial charge is 0.480 e. The van der Waals surface area contributed by atoms with Gasteiger partial charge in [-0.15, -0.1) is 0 Å². The van der Waals surface area contributed by atoms with E-state index < -0.39 is 36.4 Å². The zero-order valence-corrected chi connectivity index (χ0v) is 17.4. The summed E-state index contributed by atoms with van der Waals surface area (Å²) in [6.45, 7) is 4.81. The van der Waals surface area contributed by atoms with Gasteiger partial charge in [-0.25, -0.2) is 8.78 Å². The fraction of sp³-hybridized carbons (Fsp3) is 0.579. The molecule has 1 saturated heterocycles. The molecule has 1 rings (SSSR count). The van der Waals surface area contributed by atoms with E-state index in [9.17, 15) is 28.0 Å². The van der Waals surface area contributed by atoms with Gasteiger partial charge in [-0.2, -0.15) is 0 Å². The summed E-state index contributed by atoms with van der Waals surface area (Å²) in [7, 11) is 1.42. The molecule has 0 aliphatic carbocycles. The van der Waals surface area contributed by atoms with Crippen molar-refractivity contribution < 1.29 is 37.8 Å². The summed E-state index contributed by atoms with van der Waals surface area (Å²) in [5, 5.41) is 14.1. The second kappa shape index (κ2) is 14.2. The number of halogens is 2. The molecule has 1 aliphatic rings. The average molecular weight is 433 g/mol. The van der Waals surface area contributed by atoms with Crippen LogP contribution in [0.5, 0.6) is 0 Å². The highest BCUT2D eigenvalue weighted by Crippen LogP contribution is 2.14. The van der Waals surface area contributed by atoms with Crippen LogP contribution in [0.4, 0.5) is 8.78 Å². The minimum Gasteiger partial charge on any atom is -0.480 e. The van der Waals surface area contributed by atoms with Crippen LogP contribution in [0.25, 0.3) is 0 Å². The molecular weight excluding hydrogens is 404 g/mol. The third kappa shape index (κ3) is 11.2. The summed E-state index contributed by atoms with van der Waals surface area (Å²) in [6.07, 6.45) is 2.46. The zero-order valence-electron chi connectivity index (χ0n) is 17.4. The van der Waals surface area contributed by atoms with Crippen LogP contribution in [0.3, 0.4) is 0 Å². The van der Waals surface area contributed by atoms with Gasteiger partial charge < -0.3 is 20.1 Å². The highest BCUT2D eigenvalue weighted by Gasteiger charge is 2.35. The molecule has 0 bridgehead atoms. The maximum atomic E-state index is 11.6. The average Bonchev–Trinajstić information content (AvgIpc) is 2.96. The maximum Gasteiger partial charge on any atom is 0.323 e. The number of ether oxygens (including phenoxy) is 1. The topological polar surface area (TPSA) is 125 Å². The number of cyclic esters (lactones) is 1. The van der Waals surface area contributed by atoms with Gasteiger partial charge in [0.15, 0.2) is 0 Å². The first-order chi connectivity index (χ1) is 14.0. The molecule has 0 spiro atoms. The van der Waals surface area contributed by atoms with Crippen molar-refractivity contribution in [3.05, 3.63) is 23.8 Å². The number of rotatable bonds is 10. The van der Waals surface area contributed by atoms with Crippen molar-refractivity contribution in [2.75, 3.05) is 20.1 Å². The predicted molar refractivity (Wildman–Crippen MR) is 105 cm³/mol. The van der Waals surface area contributed by atoms with E-state index in [-0.39, 0.29) is 19.2 Å². The van der Waals surface area contributed by atoms with Gasteiger partial charge in [-0.3, -0.25) is 24.5 Å². The number of aliphatic carboxylic acids is 1. The highest BCUT2D eigenvalue weighted by atomic mass is 19.3. The van der Waals surface area contributed by atoms with E-state index in [1.807, 2.05) is 0 Å². The van der Waals surface area contributed by atoms with Gasteiger partial charge in [0.1, 0.15) is 18.2 Å². The molecule has 3 N–H and O–H groups in total. The number of hydrogen-bond donors (Lipinski definition) is 3. The molecule has 3 atom stereocenters. The van der Waals surface area contributed by atoms with E-state index in [0.29, 0.717) is 18.4 Å². The second-order valence-corrected chi connectivity index (χ2v) is 6.61. The Bertz CT molecular complexity index is 654. The number of carboxylic acids is 1. The van der Waals surface area contributed by atoms with Crippen molar-refractivity contribution in [1.82, 2.24) is 15.5 Å². The van der Waals surface area contributed by atoms with Gasteiger partial charge >= 0.3 is 11.9 Å². The lowest BCUT2D eigenvalue weighted by Gasteiger charge is -2.23. The predicted octanol–water partition coefficient (Wildman–Crippen LogP) is 0.712. The molecule has 1 aliphatic heterocycles. The van der Waals surface area contributed by atoms with Crippen LogP contribution in [0.2, 0.25) is 0 Å². The number of nitrogens with one attached hydrogen (secondary N) is 2. The molecule has 0 aromatic rings. The Balaban J connectivity index is 0.000000787. The van der Waals surface area contributed by atoms with E-state index >= 15 is 0 Å². The Kier molecular flexibility index (Phi) is 12.9. The minimum absolute atomic E-state index is 0.132. The third-order valence-corrected chi connectivity index (χ3v) is 3.91. The summed E-state index contributed by atoms with van der Waals surface area (Å²) in [4.78, 5) is 45.6. The van der Waals surface area contributed by atoms with Gasteiger partial charge in [-0.1, -0.05) is 12.2 Å². The maximum absolute atomic E-state index is 11.6. The van der Waals surface area contributed by atoms with Gasteiger partial charge in [0.2, 0.25) is 12.3 Å². The number of hydrogen-bond acceptors (Lipinski definition) is 6. The fourth-order valence-corrected chi connectivity index (χ4v) is 2.49. The van der Waals surface area contributed by atoms with Crippen molar-refractivity contribution in [1.29, 1.82) is 0 Å². The molecule has 0 radical (unpaired) electrons. The van der Waals surface area contributed by atoms with Crippen molar-refractivity contribution >= 4 is 24.3 Å². The first-order valence-electron chi connectivity index (χ1n) is 9.21. The second-order valence-electron chi connectivity index (χ2n) is 6.61. The quantitative estimate of drug-likeness (QED) is 0.263. The molecular formula is C19H29F2N3O6. The first kappa shape index (κ1) is 27.2. The van der Waals surface area contributed by atoms with E-state index in [1.165, 1.54) is 11.9 Å². The van der Waals surface area contributed by atoms with Crippen LogP contribution < -0.4 is 10.6 Å². The van der Waals surface area contributed by atoms with Gasteiger partial charge in [0.25, 0.3) is 6.43 Å². The monoisotopic (exact) mass is 433 g/mol. The molecule has 1 unspecified atom stereocenters. The summed E-state index contributed by atoms with van der Waals surface area (Å²) >= 11 is 0. The Morgan fingerprint density at radius 2 is 2.03 bits per heavy atom. The van der Waals surface area contributed by atoms with Gasteiger partial charge in [-0.05, 0) is 32.4 Å². The van der Waals surface area contributed by atoms with Gasteiger partial charge in [0, 0.05) is 20.0 Å². The summed E-state index contributed by atoms with van der Waals surface area (Å²) in [6, 6.07) is -1.80. The van der Waals surface area contributed by atoms with Crippen LogP contribution in [-0.2, 0) is 23.9 Å². The smallest absolute Gasteiger partial charge is 0.323 e. The first-order valence-corrected chi connectivity index (χ1v) is 9.21. The molecule has 0 aromatic heterocycles. The molecule has 170 valence electrons. The van der Waals surface area contributed by atoms with E-state index in [0.717, 1.165) is 6.08 Å². The molecule has 1 heterocycles. The number of alkyl halides is 2. The number of allylic oxidation sites excluding steroid dienone is 4. The lowest BCUT2D eigenvalue weighted by molar-refractivity contribution is -0.144. The molecule has 9 nitrogen and oxygen atoms in total. The van der Waals surface area contributed by atoms with E-state index in [4.69, 9.17) is 9.84 Å². The normalized spacial score (nSPS) is 19.7. The van der Waals surface area contributed by atoms with Crippen molar-refractivity contribution in [2.45, 2.75) is 51.8 Å². The molecule has 30 heavy (non-hydrogen) atoms. The lowest BCUT2D eigenvalue weighted by Crippen LogP contribution is -2.52. The SMILES string of the molecule is C/C=C\C(C)=C/C(F)F.CC1C[C@H](N[C@@H](CN(C)C(=O)CNC=O)C(=O)O)C(=O)O1. The van der Waals surface area contributed by atoms with Crippen molar-refractivity contribution in [2.24, 2.45) is 0 Å². The highest BCUT2D eigenvalue weighted by molar-refractivity contribution is 5.82. The van der Waals surface area contributed by atoms with Crippen molar-refractivity contribution in [3.63, 3.8) is 0 Å². The van der Waals surface area contributed by atoms with Crippen LogP contribution in [0, 0.1) is 0 Å². The lowest BCUT2D eigenvalue weighted by atomic mass is 10.1. The Morgan fingerprint density at radius 1 is 1.40 bits per heavy atom. The van der Waals surface area contributed by atoms with Crippen LogP contribution in [0.15, 0.2) is 23.8 Å². The Labute approximate surface area is 174 Å². The van der Waals surface area contributed by atoms with E-state index in [2.05, 4.69) is 10.6 Å². The fourth-order valence-electron chi connectivity index (χ4n) is 2.49. The zero-order chi connectivity index (χ0) is 23.3. The summed E-state index contributed by atoms with van der Waals surface area (Å²) in [5.74, 6) is -2.10. The van der Waals surface area contributed by atoms with E-state index in [1.54, 1.807) is 32.9 Å². The molecule has 11 heteroatoms. The minimum atomic E-state index is -2.33.